The van der Waals surface area contributed by atoms with Crippen LogP contribution in [-0.2, 0) is 21.2 Å². The smallest absolute Gasteiger partial charge is 0.240 e. The number of fused-ring (bicyclic) bond motifs is 1. The number of amides is 1. The molecule has 1 saturated carbocycles. The number of rotatable bonds is 8. The number of carbonyl (C=O) groups is 1. The molecule has 162 valence electrons. The van der Waals surface area contributed by atoms with Gasteiger partial charge in [0.05, 0.1) is 4.90 Å². The molecule has 0 atom stereocenters. The first-order chi connectivity index (χ1) is 13.9. The molecule has 0 unspecified atom stereocenters. The van der Waals surface area contributed by atoms with Crippen molar-refractivity contribution in [1.82, 2.24) is 9.62 Å². The fourth-order valence-corrected chi connectivity index (χ4v) is 5.67. The Hall–Kier alpha value is -1.44. The maximum absolute atomic E-state index is 12.7. The average Bonchev–Trinajstić information content (AvgIpc) is 2.88. The van der Waals surface area contributed by atoms with Gasteiger partial charge in [0.2, 0.25) is 15.9 Å². The van der Waals surface area contributed by atoms with E-state index in [9.17, 15) is 13.2 Å². The zero-order valence-corrected chi connectivity index (χ0v) is 18.6. The third-order valence-corrected chi connectivity index (χ3v) is 7.56. The molecular weight excluding hydrogens is 386 g/mol. The van der Waals surface area contributed by atoms with Crippen LogP contribution in [0.1, 0.15) is 70.8 Å². The summed E-state index contributed by atoms with van der Waals surface area (Å²) in [6, 6.07) is 6.10. The van der Waals surface area contributed by atoms with Gasteiger partial charge in [-0.3, -0.25) is 9.69 Å². The lowest BCUT2D eigenvalue weighted by Crippen LogP contribution is -2.43. The fourth-order valence-electron chi connectivity index (χ4n) is 4.54. The number of hydrogen-bond acceptors (Lipinski definition) is 4. The minimum Gasteiger partial charge on any atom is -0.326 e. The molecule has 1 fully saturated rings. The molecule has 0 saturated heterocycles. The van der Waals surface area contributed by atoms with E-state index in [-0.39, 0.29) is 10.8 Å². The molecule has 1 aliphatic carbocycles. The summed E-state index contributed by atoms with van der Waals surface area (Å²) in [7, 11) is -3.54. The second kappa shape index (κ2) is 10.0. The van der Waals surface area contributed by atoms with Crippen molar-refractivity contribution < 1.29 is 13.2 Å². The molecule has 0 spiro atoms. The molecule has 7 heteroatoms. The van der Waals surface area contributed by atoms with Crippen molar-refractivity contribution in [2.75, 3.05) is 18.4 Å². The van der Waals surface area contributed by atoms with E-state index in [1.165, 1.54) is 32.1 Å². The second-order valence-electron chi connectivity index (χ2n) is 8.60. The topological polar surface area (TPSA) is 78.5 Å². The normalized spacial score (nSPS) is 18.6. The van der Waals surface area contributed by atoms with Crippen LogP contribution in [0.3, 0.4) is 0 Å². The lowest BCUT2D eigenvalue weighted by Gasteiger charge is -2.37. The summed E-state index contributed by atoms with van der Waals surface area (Å²) in [5.41, 5.74) is 1.62. The van der Waals surface area contributed by atoms with Gasteiger partial charge >= 0.3 is 0 Å². The largest absolute Gasteiger partial charge is 0.326 e. The number of benzene rings is 1. The van der Waals surface area contributed by atoms with Crippen molar-refractivity contribution in [3.05, 3.63) is 23.8 Å². The van der Waals surface area contributed by atoms with Crippen LogP contribution in [0.25, 0.3) is 0 Å². The SMILES string of the molecule is CC(C)N(CCCNS(=O)(=O)c1ccc2c(c1)CCCC(=O)N2)C1CCCCC1. The van der Waals surface area contributed by atoms with E-state index >= 15 is 0 Å². The van der Waals surface area contributed by atoms with E-state index in [2.05, 4.69) is 28.8 Å². The molecule has 6 nitrogen and oxygen atoms in total. The summed E-state index contributed by atoms with van der Waals surface area (Å²) in [4.78, 5) is 14.5. The highest BCUT2D eigenvalue weighted by Gasteiger charge is 2.23. The summed E-state index contributed by atoms with van der Waals surface area (Å²) >= 11 is 0. The van der Waals surface area contributed by atoms with Gasteiger partial charge < -0.3 is 5.32 Å². The molecule has 29 heavy (non-hydrogen) atoms. The lowest BCUT2D eigenvalue weighted by atomic mass is 9.93. The summed E-state index contributed by atoms with van der Waals surface area (Å²) in [6.45, 7) is 5.81. The Morgan fingerprint density at radius 2 is 1.90 bits per heavy atom. The molecule has 1 amide bonds. The number of nitrogens with zero attached hydrogens (tertiary/aromatic N) is 1. The first-order valence-electron chi connectivity index (χ1n) is 11.0. The number of sulfonamides is 1. The third-order valence-electron chi connectivity index (χ3n) is 6.10. The zero-order chi connectivity index (χ0) is 20.9. The van der Waals surface area contributed by atoms with Crippen LogP contribution >= 0.6 is 0 Å². The van der Waals surface area contributed by atoms with E-state index in [4.69, 9.17) is 0 Å². The molecule has 3 rings (SSSR count). The monoisotopic (exact) mass is 421 g/mol. The van der Waals surface area contributed by atoms with E-state index in [1.807, 2.05) is 0 Å². The predicted octanol–water partition coefficient (Wildman–Crippen LogP) is 3.67. The summed E-state index contributed by atoms with van der Waals surface area (Å²) in [5, 5.41) is 2.85. The zero-order valence-electron chi connectivity index (χ0n) is 17.7. The standard InChI is InChI=1S/C22H35N3O3S/c1-17(2)25(19-9-4-3-5-10-19)15-7-14-23-29(27,28)20-12-13-21-18(16-20)8-6-11-22(26)24-21/h12-13,16-17,19,23H,3-11,14-15H2,1-2H3,(H,24,26). The minimum atomic E-state index is -3.54. The highest BCUT2D eigenvalue weighted by Crippen LogP contribution is 2.26. The number of carbonyl (C=O) groups excluding carboxylic acids is 1. The molecule has 0 aromatic heterocycles. The summed E-state index contributed by atoms with van der Waals surface area (Å²) < 4.78 is 28.2. The number of aryl methyl sites for hydroxylation is 1. The van der Waals surface area contributed by atoms with Crippen LogP contribution in [0.15, 0.2) is 23.1 Å². The Morgan fingerprint density at radius 3 is 2.62 bits per heavy atom. The van der Waals surface area contributed by atoms with E-state index in [0.29, 0.717) is 31.5 Å². The highest BCUT2D eigenvalue weighted by molar-refractivity contribution is 7.89. The van der Waals surface area contributed by atoms with Crippen molar-refractivity contribution in [2.45, 2.75) is 88.6 Å². The highest BCUT2D eigenvalue weighted by atomic mass is 32.2. The van der Waals surface area contributed by atoms with Gasteiger partial charge in [-0.2, -0.15) is 0 Å². The molecular formula is C22H35N3O3S. The Bertz CT molecular complexity index is 802. The first-order valence-corrected chi connectivity index (χ1v) is 12.5. The van der Waals surface area contributed by atoms with Gasteiger partial charge in [-0.1, -0.05) is 19.3 Å². The van der Waals surface area contributed by atoms with Crippen LogP contribution in [-0.4, -0.2) is 44.4 Å². The second-order valence-corrected chi connectivity index (χ2v) is 10.4. The fraction of sp³-hybridized carbons (Fsp3) is 0.682. The molecule has 0 bridgehead atoms. The maximum Gasteiger partial charge on any atom is 0.240 e. The van der Waals surface area contributed by atoms with E-state index in [0.717, 1.165) is 30.6 Å². The van der Waals surface area contributed by atoms with Crippen molar-refractivity contribution in [1.29, 1.82) is 0 Å². The first kappa shape index (κ1) is 22.2. The van der Waals surface area contributed by atoms with Gasteiger partial charge in [0.15, 0.2) is 0 Å². The molecule has 2 aliphatic rings. The average molecular weight is 422 g/mol. The van der Waals surface area contributed by atoms with Gasteiger partial charge in [0.1, 0.15) is 0 Å². The number of hydrogen-bond donors (Lipinski definition) is 2. The predicted molar refractivity (Wildman–Crippen MR) is 117 cm³/mol. The van der Waals surface area contributed by atoms with Crippen molar-refractivity contribution in [3.63, 3.8) is 0 Å². The Kier molecular flexibility index (Phi) is 7.71. The molecule has 1 aromatic rings. The Labute approximate surface area is 175 Å². The van der Waals surface area contributed by atoms with Gasteiger partial charge in [-0.05, 0) is 76.3 Å². The molecule has 0 radical (unpaired) electrons. The van der Waals surface area contributed by atoms with Crippen LogP contribution in [0.2, 0.25) is 0 Å². The van der Waals surface area contributed by atoms with Crippen molar-refractivity contribution in [2.24, 2.45) is 0 Å². The summed E-state index contributed by atoms with van der Waals surface area (Å²) in [5.74, 6) is -0.00912. The summed E-state index contributed by atoms with van der Waals surface area (Å²) in [6.07, 6.45) is 9.19. The minimum absolute atomic E-state index is 0.00912. The quantitative estimate of drug-likeness (QED) is 0.628. The van der Waals surface area contributed by atoms with Gasteiger partial charge in [-0.15, -0.1) is 0 Å². The molecule has 1 heterocycles. The molecule has 1 aromatic carbocycles. The van der Waals surface area contributed by atoms with Crippen LogP contribution in [0.5, 0.6) is 0 Å². The van der Waals surface area contributed by atoms with Crippen molar-refractivity contribution >= 4 is 21.6 Å². The van der Waals surface area contributed by atoms with Gasteiger partial charge in [0.25, 0.3) is 0 Å². The van der Waals surface area contributed by atoms with Crippen LogP contribution < -0.4 is 10.0 Å². The van der Waals surface area contributed by atoms with Crippen LogP contribution in [0, 0.1) is 0 Å². The van der Waals surface area contributed by atoms with Gasteiger partial charge in [-0.25, -0.2) is 13.1 Å². The number of anilines is 1. The van der Waals surface area contributed by atoms with E-state index in [1.54, 1.807) is 18.2 Å². The lowest BCUT2D eigenvalue weighted by molar-refractivity contribution is -0.116. The third kappa shape index (κ3) is 6.03. The molecule has 2 N–H and O–H groups in total. The van der Waals surface area contributed by atoms with Crippen molar-refractivity contribution in [3.8, 4) is 0 Å². The van der Waals surface area contributed by atoms with Crippen LogP contribution in [0.4, 0.5) is 5.69 Å². The van der Waals surface area contributed by atoms with Gasteiger partial charge in [0, 0.05) is 30.7 Å². The molecule has 1 aliphatic heterocycles. The Morgan fingerprint density at radius 1 is 1.14 bits per heavy atom. The number of nitrogens with one attached hydrogen (secondary N) is 2. The maximum atomic E-state index is 12.7. The Balaban J connectivity index is 1.55. The van der Waals surface area contributed by atoms with E-state index < -0.39 is 10.0 Å².